The van der Waals surface area contributed by atoms with Crippen molar-refractivity contribution in [3.05, 3.63) is 57.2 Å². The van der Waals surface area contributed by atoms with Crippen molar-refractivity contribution in [1.82, 2.24) is 15.2 Å². The first-order valence-electron chi connectivity index (χ1n) is 10.4. The van der Waals surface area contributed by atoms with Gasteiger partial charge in [0.05, 0.1) is 18.3 Å². The molecule has 5 nitrogen and oxygen atoms in total. The van der Waals surface area contributed by atoms with Crippen LogP contribution in [0.5, 0.6) is 5.75 Å². The summed E-state index contributed by atoms with van der Waals surface area (Å²) in [6.07, 6.45) is 2.46. The van der Waals surface area contributed by atoms with E-state index in [1.807, 2.05) is 38.1 Å². The molecule has 1 aliphatic heterocycles. The highest BCUT2D eigenvalue weighted by molar-refractivity contribution is 7.17. The number of aromatic nitrogens is 1. The van der Waals surface area contributed by atoms with Crippen molar-refractivity contribution in [2.75, 3.05) is 26.2 Å². The Morgan fingerprint density at radius 1 is 1.23 bits per heavy atom. The minimum absolute atomic E-state index is 0.0389. The molecule has 1 aliphatic rings. The van der Waals surface area contributed by atoms with Crippen molar-refractivity contribution in [2.45, 2.75) is 32.7 Å². The van der Waals surface area contributed by atoms with E-state index < -0.39 is 0 Å². The van der Waals surface area contributed by atoms with E-state index in [2.05, 4.69) is 32.7 Å². The molecule has 3 aromatic rings. The summed E-state index contributed by atoms with van der Waals surface area (Å²) >= 11 is 3.21. The highest BCUT2D eigenvalue weighted by atomic mass is 32.1. The van der Waals surface area contributed by atoms with Crippen LogP contribution in [0.25, 0.3) is 10.6 Å². The fourth-order valence-electron chi connectivity index (χ4n) is 3.80. The molecule has 30 heavy (non-hydrogen) atoms. The first-order valence-corrected chi connectivity index (χ1v) is 12.1. The van der Waals surface area contributed by atoms with Gasteiger partial charge in [0.25, 0.3) is 5.91 Å². The number of aryl methyl sites for hydroxylation is 1. The van der Waals surface area contributed by atoms with Gasteiger partial charge < -0.3 is 10.1 Å². The number of nitrogens with one attached hydrogen (secondary N) is 1. The number of hydrogen-bond donors (Lipinski definition) is 1. The van der Waals surface area contributed by atoms with Gasteiger partial charge in [0, 0.05) is 17.0 Å². The van der Waals surface area contributed by atoms with Gasteiger partial charge in [-0.2, -0.15) is 0 Å². The molecule has 2 aromatic heterocycles. The maximum atomic E-state index is 13.0. The van der Waals surface area contributed by atoms with Gasteiger partial charge in [-0.3, -0.25) is 9.69 Å². The fraction of sp³-hybridized carbons (Fsp3) is 0.391. The molecule has 1 saturated heterocycles. The quantitative estimate of drug-likeness (QED) is 0.525. The molecule has 0 bridgehead atoms. The lowest BCUT2D eigenvalue weighted by atomic mass is 10.2. The van der Waals surface area contributed by atoms with Gasteiger partial charge >= 0.3 is 0 Å². The summed E-state index contributed by atoms with van der Waals surface area (Å²) in [6, 6.07) is 12.4. The maximum Gasteiger partial charge on any atom is 0.263 e. The Kier molecular flexibility index (Phi) is 6.82. The molecule has 7 heteroatoms. The first-order chi connectivity index (χ1) is 14.7. The number of carbonyl (C=O) groups excluding carboxylic acids is 1. The molecule has 1 amide bonds. The smallest absolute Gasteiger partial charge is 0.263 e. The fourth-order valence-corrected chi connectivity index (χ4v) is 5.65. The molecule has 1 N–H and O–H groups in total. The largest absolute Gasteiger partial charge is 0.494 e. The number of amides is 1. The predicted octanol–water partition coefficient (Wildman–Crippen LogP) is 5.15. The summed E-state index contributed by atoms with van der Waals surface area (Å²) < 4.78 is 5.51. The van der Waals surface area contributed by atoms with Crippen LogP contribution in [-0.4, -0.2) is 42.0 Å². The number of hydrogen-bond acceptors (Lipinski definition) is 6. The lowest BCUT2D eigenvalue weighted by Crippen LogP contribution is -2.36. The van der Waals surface area contributed by atoms with Gasteiger partial charge in [0.15, 0.2) is 0 Å². The SMILES string of the molecule is CCOc1ccc(-c2nc(C)c(C(=O)NCC(c3cccs3)N3CCCC3)s2)cc1. The summed E-state index contributed by atoms with van der Waals surface area (Å²) in [5, 5.41) is 6.14. The van der Waals surface area contributed by atoms with Crippen LogP contribution in [0.2, 0.25) is 0 Å². The maximum absolute atomic E-state index is 13.0. The van der Waals surface area contributed by atoms with Crippen LogP contribution >= 0.6 is 22.7 Å². The van der Waals surface area contributed by atoms with Crippen molar-refractivity contribution in [3.63, 3.8) is 0 Å². The van der Waals surface area contributed by atoms with E-state index in [1.54, 1.807) is 11.3 Å². The van der Waals surface area contributed by atoms with Crippen LogP contribution < -0.4 is 10.1 Å². The Hall–Kier alpha value is -2.22. The highest BCUT2D eigenvalue weighted by Crippen LogP contribution is 2.30. The number of benzene rings is 1. The predicted molar refractivity (Wildman–Crippen MR) is 124 cm³/mol. The lowest BCUT2D eigenvalue weighted by molar-refractivity contribution is 0.0941. The molecule has 0 saturated carbocycles. The third-order valence-electron chi connectivity index (χ3n) is 5.32. The molecular formula is C23H27N3O2S2. The number of ether oxygens (including phenoxy) is 1. The number of nitrogens with zero attached hydrogens (tertiary/aromatic N) is 2. The zero-order chi connectivity index (χ0) is 20.9. The number of thiophene rings is 1. The number of rotatable bonds is 8. The minimum atomic E-state index is -0.0389. The Bertz CT molecular complexity index is 961. The summed E-state index contributed by atoms with van der Waals surface area (Å²) in [5.41, 5.74) is 1.77. The molecule has 4 rings (SSSR count). The second kappa shape index (κ2) is 9.73. The Labute approximate surface area is 185 Å². The summed E-state index contributed by atoms with van der Waals surface area (Å²) in [6.45, 7) is 7.33. The van der Waals surface area contributed by atoms with Crippen LogP contribution in [0.3, 0.4) is 0 Å². The summed E-state index contributed by atoms with van der Waals surface area (Å²) in [7, 11) is 0. The average molecular weight is 442 g/mol. The van der Waals surface area contributed by atoms with E-state index in [0.29, 0.717) is 18.0 Å². The molecule has 0 spiro atoms. The second-order valence-corrected chi connectivity index (χ2v) is 9.35. The van der Waals surface area contributed by atoms with E-state index in [-0.39, 0.29) is 11.9 Å². The average Bonchev–Trinajstić information content (AvgIpc) is 3.51. The van der Waals surface area contributed by atoms with Crippen LogP contribution in [0.1, 0.15) is 46.0 Å². The highest BCUT2D eigenvalue weighted by Gasteiger charge is 2.25. The van der Waals surface area contributed by atoms with Crippen LogP contribution in [0.15, 0.2) is 41.8 Å². The Morgan fingerprint density at radius 2 is 2.00 bits per heavy atom. The van der Waals surface area contributed by atoms with Gasteiger partial charge in [-0.25, -0.2) is 4.98 Å². The Balaban J connectivity index is 1.45. The van der Waals surface area contributed by atoms with Crippen molar-refractivity contribution in [2.24, 2.45) is 0 Å². The van der Waals surface area contributed by atoms with E-state index in [0.717, 1.165) is 35.1 Å². The van der Waals surface area contributed by atoms with E-state index in [4.69, 9.17) is 4.74 Å². The van der Waals surface area contributed by atoms with E-state index in [1.165, 1.54) is 29.1 Å². The summed E-state index contributed by atoms with van der Waals surface area (Å²) in [4.78, 5) is 22.1. The third-order valence-corrected chi connectivity index (χ3v) is 7.50. The molecule has 0 radical (unpaired) electrons. The first kappa shape index (κ1) is 21.0. The molecular weight excluding hydrogens is 414 g/mol. The van der Waals surface area contributed by atoms with Gasteiger partial charge in [-0.1, -0.05) is 6.07 Å². The van der Waals surface area contributed by atoms with Crippen molar-refractivity contribution in [3.8, 4) is 16.3 Å². The standard InChI is InChI=1S/C23H27N3O2S2/c1-3-28-18-10-8-17(9-11-18)23-25-16(2)21(30-23)22(27)24-15-19(20-7-6-14-29-20)26-12-4-5-13-26/h6-11,14,19H,3-5,12-13,15H2,1-2H3,(H,24,27). The second-order valence-electron chi connectivity index (χ2n) is 7.38. The van der Waals surface area contributed by atoms with Gasteiger partial charge in [0.1, 0.15) is 15.6 Å². The van der Waals surface area contributed by atoms with Crippen molar-refractivity contribution < 1.29 is 9.53 Å². The van der Waals surface area contributed by atoms with Crippen LogP contribution in [0, 0.1) is 6.92 Å². The van der Waals surface area contributed by atoms with E-state index in [9.17, 15) is 4.79 Å². The molecule has 1 fully saturated rings. The van der Waals surface area contributed by atoms with Gasteiger partial charge in [-0.05, 0) is 75.5 Å². The minimum Gasteiger partial charge on any atom is -0.494 e. The van der Waals surface area contributed by atoms with Crippen molar-refractivity contribution in [1.29, 1.82) is 0 Å². The van der Waals surface area contributed by atoms with Crippen LogP contribution in [0.4, 0.5) is 0 Å². The van der Waals surface area contributed by atoms with E-state index >= 15 is 0 Å². The molecule has 3 heterocycles. The van der Waals surface area contributed by atoms with Crippen LogP contribution in [-0.2, 0) is 0 Å². The molecule has 1 unspecified atom stereocenters. The monoisotopic (exact) mass is 441 g/mol. The molecule has 158 valence electrons. The topological polar surface area (TPSA) is 54.5 Å². The van der Waals surface area contributed by atoms with Crippen molar-refractivity contribution >= 4 is 28.6 Å². The summed E-state index contributed by atoms with van der Waals surface area (Å²) in [5.74, 6) is 0.803. The molecule has 1 aromatic carbocycles. The number of likely N-dealkylation sites (tertiary alicyclic amines) is 1. The zero-order valence-electron chi connectivity index (χ0n) is 17.4. The van der Waals surface area contributed by atoms with Gasteiger partial charge in [-0.15, -0.1) is 22.7 Å². The Morgan fingerprint density at radius 3 is 2.67 bits per heavy atom. The number of carbonyl (C=O) groups is 1. The normalized spacial score (nSPS) is 15.3. The van der Waals surface area contributed by atoms with Gasteiger partial charge in [0.2, 0.25) is 0 Å². The molecule has 1 atom stereocenters. The molecule has 0 aliphatic carbocycles. The third kappa shape index (κ3) is 4.74. The number of thiazole rings is 1. The zero-order valence-corrected chi connectivity index (χ0v) is 19.0. The lowest BCUT2D eigenvalue weighted by Gasteiger charge is -2.26.